The van der Waals surface area contributed by atoms with Gasteiger partial charge in [0.15, 0.2) is 0 Å². The van der Waals surface area contributed by atoms with Crippen LogP contribution in [0.1, 0.15) is 110 Å². The van der Waals surface area contributed by atoms with Crippen LogP contribution in [0.2, 0.25) is 0 Å². The van der Waals surface area contributed by atoms with Gasteiger partial charge in [0.05, 0.1) is 6.67 Å². The van der Waals surface area contributed by atoms with Crippen molar-refractivity contribution in [1.29, 1.82) is 5.26 Å². The first-order valence-corrected chi connectivity index (χ1v) is 11.8. The topological polar surface area (TPSA) is 30.3 Å². The predicted octanol–water partition coefficient (Wildman–Crippen LogP) is 3.94. The number of rotatable bonds is 17. The summed E-state index contributed by atoms with van der Waals surface area (Å²) in [5.74, 6) is 0. The quantitative estimate of drug-likeness (QED) is 0.160. The van der Waals surface area contributed by atoms with Gasteiger partial charge >= 0.3 is 18.9 Å². The molecule has 0 fully saturated rings. The van der Waals surface area contributed by atoms with E-state index in [-0.39, 0.29) is 18.9 Å². The third kappa shape index (κ3) is 21.9. The van der Waals surface area contributed by atoms with Crippen LogP contribution in [0.15, 0.2) is 12.4 Å². The minimum absolute atomic E-state index is 0. The molecule has 0 spiro atoms. The number of hydrogen-bond donors (Lipinski definition) is 0. The summed E-state index contributed by atoms with van der Waals surface area (Å²) in [4.78, 5) is 4.66. The Morgan fingerprint density at radius 3 is 1.43 bits per heavy atom. The SMILES string of the molecule is CCCCCCCCCCCCCCCCCCN1C=CN(C)C1.N#C[S-].[Li+]. The average molecular weight is 402 g/mol. The molecule has 0 unspecified atom stereocenters. The summed E-state index contributed by atoms with van der Waals surface area (Å²) in [5, 5.41) is 8.47. The van der Waals surface area contributed by atoms with Crippen molar-refractivity contribution in [1.82, 2.24) is 9.80 Å². The van der Waals surface area contributed by atoms with Crippen LogP contribution in [0.25, 0.3) is 0 Å². The molecule has 1 heterocycles. The second kappa shape index (κ2) is 24.7. The van der Waals surface area contributed by atoms with Gasteiger partial charge in [-0.15, -0.1) is 0 Å². The summed E-state index contributed by atoms with van der Waals surface area (Å²) in [6, 6.07) is 0. The molecule has 1 rings (SSSR count). The summed E-state index contributed by atoms with van der Waals surface area (Å²) < 4.78 is 0. The van der Waals surface area contributed by atoms with Gasteiger partial charge in [0.1, 0.15) is 0 Å². The summed E-state index contributed by atoms with van der Waals surface area (Å²) >= 11 is 3.70. The third-order valence-corrected chi connectivity index (χ3v) is 5.24. The van der Waals surface area contributed by atoms with E-state index in [9.17, 15) is 0 Å². The maximum absolute atomic E-state index is 7.13. The van der Waals surface area contributed by atoms with Gasteiger partial charge in [-0.05, 0) is 6.42 Å². The molecule has 0 aromatic carbocycles. The smallest absolute Gasteiger partial charge is 0.696 e. The summed E-state index contributed by atoms with van der Waals surface area (Å²) in [6.07, 6.45) is 27.6. The van der Waals surface area contributed by atoms with Gasteiger partial charge in [0, 0.05) is 26.0 Å². The molecule has 28 heavy (non-hydrogen) atoms. The van der Waals surface area contributed by atoms with Gasteiger partial charge in [0.2, 0.25) is 0 Å². The van der Waals surface area contributed by atoms with Crippen LogP contribution in [0.5, 0.6) is 0 Å². The molecular formula is C23H44LiN3S. The summed E-state index contributed by atoms with van der Waals surface area (Å²) in [7, 11) is 2.14. The van der Waals surface area contributed by atoms with Crippen molar-refractivity contribution in [3.8, 4) is 5.40 Å². The van der Waals surface area contributed by atoms with E-state index in [1.54, 1.807) is 0 Å². The Balaban J connectivity index is 0. The van der Waals surface area contributed by atoms with E-state index in [1.807, 2.05) is 0 Å². The molecule has 0 saturated heterocycles. The fourth-order valence-electron chi connectivity index (χ4n) is 3.60. The fourth-order valence-corrected chi connectivity index (χ4v) is 3.60. The van der Waals surface area contributed by atoms with Crippen LogP contribution in [0.4, 0.5) is 0 Å². The van der Waals surface area contributed by atoms with Crippen LogP contribution >= 0.6 is 0 Å². The first-order valence-electron chi connectivity index (χ1n) is 11.4. The van der Waals surface area contributed by atoms with Crippen LogP contribution in [-0.2, 0) is 12.6 Å². The van der Waals surface area contributed by atoms with Crippen molar-refractivity contribution in [3.05, 3.63) is 12.4 Å². The van der Waals surface area contributed by atoms with Crippen LogP contribution in [0, 0.1) is 10.7 Å². The molecule has 5 heteroatoms. The molecule has 0 saturated carbocycles. The third-order valence-electron chi connectivity index (χ3n) is 5.24. The molecule has 0 atom stereocenters. The van der Waals surface area contributed by atoms with Gasteiger partial charge in [-0.25, -0.2) is 5.26 Å². The largest absolute Gasteiger partial charge is 1.00 e. The van der Waals surface area contributed by atoms with E-state index in [4.69, 9.17) is 5.26 Å². The minimum Gasteiger partial charge on any atom is -0.696 e. The van der Waals surface area contributed by atoms with Crippen molar-refractivity contribution in [2.45, 2.75) is 110 Å². The molecule has 0 amide bonds. The zero-order chi connectivity index (χ0) is 20.0. The number of unbranched alkanes of at least 4 members (excludes halogenated alkanes) is 15. The molecule has 0 aromatic heterocycles. The van der Waals surface area contributed by atoms with Crippen molar-refractivity contribution >= 4 is 12.6 Å². The van der Waals surface area contributed by atoms with E-state index in [0.29, 0.717) is 0 Å². The van der Waals surface area contributed by atoms with Crippen molar-refractivity contribution in [2.24, 2.45) is 0 Å². The fraction of sp³-hybridized carbons (Fsp3) is 0.870. The molecule has 158 valence electrons. The normalized spacial score (nSPS) is 12.3. The maximum atomic E-state index is 7.13. The predicted molar refractivity (Wildman–Crippen MR) is 121 cm³/mol. The average Bonchev–Trinajstić information content (AvgIpc) is 3.07. The van der Waals surface area contributed by atoms with Crippen LogP contribution in [-0.4, -0.2) is 30.1 Å². The van der Waals surface area contributed by atoms with E-state index >= 15 is 0 Å². The Morgan fingerprint density at radius 2 is 1.11 bits per heavy atom. The Morgan fingerprint density at radius 1 is 0.750 bits per heavy atom. The summed E-state index contributed by atoms with van der Waals surface area (Å²) in [6.45, 7) is 4.61. The number of thiocyanates is 1. The van der Waals surface area contributed by atoms with E-state index < -0.39 is 0 Å². The standard InChI is InChI=1S/C22H44N2.CHNS.Li/c1-3-4-5-6-7-8-9-10-11-12-13-14-15-16-17-18-19-24-21-20-23(2)22-24;2-1-3;/h20-21H,3-19,22H2,1-2H3;3H;/q;;+1/p-1. The van der Waals surface area contributed by atoms with E-state index in [0.717, 1.165) is 6.67 Å². The summed E-state index contributed by atoms with van der Waals surface area (Å²) in [5.41, 5.74) is 0. The molecule has 0 bridgehead atoms. The van der Waals surface area contributed by atoms with Crippen molar-refractivity contribution < 1.29 is 18.9 Å². The Bertz CT molecular complexity index is 371. The molecule has 0 N–H and O–H groups in total. The monoisotopic (exact) mass is 401 g/mol. The molecular weight excluding hydrogens is 357 g/mol. The molecule has 0 radical (unpaired) electrons. The Labute approximate surface area is 193 Å². The number of nitriles is 1. The van der Waals surface area contributed by atoms with Gasteiger partial charge in [-0.1, -0.05) is 109 Å². The molecule has 0 aliphatic carbocycles. The van der Waals surface area contributed by atoms with Gasteiger partial charge < -0.3 is 22.4 Å². The maximum Gasteiger partial charge on any atom is 1.00 e. The molecule has 3 nitrogen and oxygen atoms in total. The number of nitrogens with zero attached hydrogens (tertiary/aromatic N) is 3. The zero-order valence-corrected chi connectivity index (χ0v) is 19.9. The zero-order valence-electron chi connectivity index (χ0n) is 19.1. The van der Waals surface area contributed by atoms with Gasteiger partial charge in [-0.3, -0.25) is 0 Å². The van der Waals surface area contributed by atoms with Gasteiger partial charge in [0.25, 0.3) is 0 Å². The Hall–Kier alpha value is -0.353. The second-order valence-corrected chi connectivity index (χ2v) is 8.09. The van der Waals surface area contributed by atoms with Crippen LogP contribution in [0.3, 0.4) is 0 Å². The Kier molecular flexibility index (Phi) is 26.3. The molecule has 0 aromatic rings. The van der Waals surface area contributed by atoms with E-state index in [2.05, 4.69) is 48.8 Å². The van der Waals surface area contributed by atoms with Crippen LogP contribution < -0.4 is 18.9 Å². The number of hydrogen-bond acceptors (Lipinski definition) is 4. The minimum atomic E-state index is 0. The second-order valence-electron chi connectivity index (χ2n) is 7.90. The van der Waals surface area contributed by atoms with Crippen molar-refractivity contribution in [3.63, 3.8) is 0 Å². The van der Waals surface area contributed by atoms with Crippen molar-refractivity contribution in [2.75, 3.05) is 20.3 Å². The molecule has 1 aliphatic rings. The van der Waals surface area contributed by atoms with E-state index in [1.165, 1.54) is 115 Å². The first kappa shape index (κ1) is 29.8. The van der Waals surface area contributed by atoms with Gasteiger partial charge in [-0.2, -0.15) is 0 Å². The molecule has 1 aliphatic heterocycles. The first-order chi connectivity index (χ1) is 13.2.